The van der Waals surface area contributed by atoms with E-state index in [1.54, 1.807) is 24.3 Å². The van der Waals surface area contributed by atoms with Crippen LogP contribution < -0.4 is 0 Å². The van der Waals surface area contributed by atoms with Crippen molar-refractivity contribution < 1.29 is 0 Å². The minimum atomic E-state index is 0.434. The summed E-state index contributed by atoms with van der Waals surface area (Å²) in [6.45, 7) is 25.6. The van der Waals surface area contributed by atoms with E-state index in [0.717, 1.165) is 93.9 Å². The summed E-state index contributed by atoms with van der Waals surface area (Å²) >= 11 is 0. The fourth-order valence-corrected chi connectivity index (χ4v) is 8.84. The van der Waals surface area contributed by atoms with Gasteiger partial charge in [0.25, 0.3) is 0 Å². The Hall–Kier alpha value is -9.19. The number of benzene rings is 8. The van der Waals surface area contributed by atoms with Gasteiger partial charge >= 0.3 is 0 Å². The van der Waals surface area contributed by atoms with Gasteiger partial charge in [0.2, 0.25) is 0 Å². The van der Waals surface area contributed by atoms with Crippen molar-refractivity contribution in [3.63, 3.8) is 0 Å². The Morgan fingerprint density at radius 1 is 0.459 bits per heavy atom. The van der Waals surface area contributed by atoms with E-state index >= 15 is 0 Å². The van der Waals surface area contributed by atoms with E-state index in [0.29, 0.717) is 28.2 Å². The van der Waals surface area contributed by atoms with E-state index in [1.807, 2.05) is 66.7 Å². The molecular formula is C54H29N7. The molecule has 0 N–H and O–H groups in total. The van der Waals surface area contributed by atoms with Crippen molar-refractivity contribution >= 4 is 60.7 Å². The molecule has 0 amide bonds. The smallest absolute Gasteiger partial charge is 0.188 e. The third-order valence-electron chi connectivity index (χ3n) is 11.6. The zero-order valence-electron chi connectivity index (χ0n) is 32.6. The number of para-hydroxylation sites is 3. The first-order valence-electron chi connectivity index (χ1n) is 19.5. The molecule has 61 heavy (non-hydrogen) atoms. The van der Waals surface area contributed by atoms with Gasteiger partial charge in [0, 0.05) is 27.1 Å². The molecule has 0 radical (unpaired) electrons. The minimum absolute atomic E-state index is 0.434. The van der Waals surface area contributed by atoms with E-state index in [2.05, 4.69) is 109 Å². The molecule has 7 heteroatoms. The number of aromatic nitrogens is 2. The lowest BCUT2D eigenvalue weighted by Crippen LogP contribution is -2.03. The largest absolute Gasteiger partial charge is 0.309 e. The molecule has 0 saturated heterocycles. The second-order valence-electron chi connectivity index (χ2n) is 14.9. The van der Waals surface area contributed by atoms with E-state index < -0.39 is 0 Å². The number of hydrogen-bond donors (Lipinski definition) is 0. The molecule has 0 spiro atoms. The molecule has 0 unspecified atom stereocenters. The highest BCUT2D eigenvalue weighted by Crippen LogP contribution is 2.45. The van der Waals surface area contributed by atoms with E-state index in [4.69, 9.17) is 19.7 Å². The first-order chi connectivity index (χ1) is 29.9. The topological polar surface area (TPSA) is 70.5 Å². The van der Waals surface area contributed by atoms with Crippen molar-refractivity contribution in [3.05, 3.63) is 209 Å². The summed E-state index contributed by atoms with van der Waals surface area (Å²) in [5.41, 5.74) is 14.3. The summed E-state index contributed by atoms with van der Waals surface area (Å²) in [4.78, 5) is 11.2. The van der Waals surface area contributed by atoms with Crippen molar-refractivity contribution in [2.45, 2.75) is 6.92 Å². The molecule has 7 nitrogen and oxygen atoms in total. The van der Waals surface area contributed by atoms with Crippen molar-refractivity contribution in [2.24, 2.45) is 0 Å². The summed E-state index contributed by atoms with van der Waals surface area (Å²) in [7, 11) is 0. The average Bonchev–Trinajstić information content (AvgIpc) is 3.82. The van der Waals surface area contributed by atoms with Gasteiger partial charge in [-0.05, 0) is 101 Å². The van der Waals surface area contributed by atoms with Crippen molar-refractivity contribution in [2.75, 3.05) is 0 Å². The Morgan fingerprint density at radius 3 is 1.74 bits per heavy atom. The molecular weight excluding hydrogens is 747 g/mol. The second-order valence-corrected chi connectivity index (χ2v) is 14.9. The number of fused-ring (bicyclic) bond motifs is 6. The summed E-state index contributed by atoms with van der Waals surface area (Å²) in [6.07, 6.45) is 0. The lowest BCUT2D eigenvalue weighted by Gasteiger charge is -2.21. The summed E-state index contributed by atoms with van der Waals surface area (Å²) in [6, 6.07) is 56.3. The van der Waals surface area contributed by atoms with E-state index in [-0.39, 0.29) is 0 Å². The molecule has 10 rings (SSSR count). The first kappa shape index (κ1) is 36.2. The van der Waals surface area contributed by atoms with Crippen LogP contribution in [0.3, 0.4) is 0 Å². The lowest BCUT2D eigenvalue weighted by molar-refractivity contribution is 1.14. The average molecular weight is 776 g/mol. The van der Waals surface area contributed by atoms with Crippen LogP contribution in [0.4, 0.5) is 17.1 Å². The van der Waals surface area contributed by atoms with E-state index in [9.17, 15) is 10.5 Å². The van der Waals surface area contributed by atoms with Crippen LogP contribution in [-0.2, 0) is 0 Å². The van der Waals surface area contributed by atoms with Gasteiger partial charge in [-0.15, -0.1) is 0 Å². The number of rotatable bonds is 5. The highest BCUT2D eigenvalue weighted by Gasteiger charge is 2.23. The molecule has 0 bridgehead atoms. The number of hydrogen-bond acceptors (Lipinski definition) is 2. The molecule has 10 aromatic rings. The van der Waals surface area contributed by atoms with Crippen LogP contribution in [0.5, 0.6) is 0 Å². The van der Waals surface area contributed by atoms with Gasteiger partial charge in [-0.1, -0.05) is 97.1 Å². The predicted octanol–water partition coefficient (Wildman–Crippen LogP) is 14.6. The molecule has 0 aliphatic rings. The Balaban J connectivity index is 1.22. The maximum Gasteiger partial charge on any atom is 0.188 e. The fraction of sp³-hybridized carbons (Fsp3) is 0.0185. The molecule has 0 atom stereocenters. The number of nitriles is 2. The molecule has 280 valence electrons. The number of nitrogens with zero attached hydrogens (tertiary/aromatic N) is 7. The normalized spacial score (nSPS) is 11.0. The van der Waals surface area contributed by atoms with Crippen LogP contribution in [0, 0.1) is 49.3 Å². The Morgan fingerprint density at radius 2 is 1.07 bits per heavy atom. The van der Waals surface area contributed by atoms with E-state index in [1.165, 1.54) is 0 Å². The summed E-state index contributed by atoms with van der Waals surface area (Å²) in [5, 5.41) is 23.7. The molecule has 0 saturated carbocycles. The second kappa shape index (κ2) is 14.3. The quantitative estimate of drug-likeness (QED) is 0.163. The van der Waals surface area contributed by atoms with Crippen LogP contribution in [0.15, 0.2) is 158 Å². The van der Waals surface area contributed by atoms with Crippen LogP contribution in [0.2, 0.25) is 0 Å². The van der Waals surface area contributed by atoms with Crippen molar-refractivity contribution in [1.82, 2.24) is 9.13 Å². The zero-order valence-corrected chi connectivity index (χ0v) is 32.6. The highest BCUT2D eigenvalue weighted by atomic mass is 15.0. The van der Waals surface area contributed by atoms with Crippen LogP contribution in [0.1, 0.15) is 16.7 Å². The minimum Gasteiger partial charge on any atom is -0.309 e. The molecule has 8 aromatic carbocycles. The van der Waals surface area contributed by atoms with Crippen LogP contribution in [-0.4, -0.2) is 9.13 Å². The van der Waals surface area contributed by atoms with Crippen LogP contribution >= 0.6 is 0 Å². The zero-order chi connectivity index (χ0) is 41.8. The Kier molecular flexibility index (Phi) is 8.49. The Labute approximate surface area is 351 Å². The predicted molar refractivity (Wildman–Crippen MR) is 244 cm³/mol. The molecule has 0 fully saturated rings. The van der Waals surface area contributed by atoms with Crippen LogP contribution in [0.25, 0.3) is 103 Å². The van der Waals surface area contributed by atoms with Crippen molar-refractivity contribution in [1.29, 1.82) is 10.5 Å². The number of aryl methyl sites for hydroxylation is 1. The monoisotopic (exact) mass is 775 g/mol. The maximum absolute atomic E-state index is 10.0. The molecule has 2 aromatic heterocycles. The lowest BCUT2D eigenvalue weighted by atomic mass is 9.96. The maximum atomic E-state index is 10.0. The Bertz CT molecular complexity index is 3730. The first-order valence-corrected chi connectivity index (χ1v) is 19.5. The summed E-state index contributed by atoms with van der Waals surface area (Å²) in [5.74, 6) is 0. The molecule has 0 aliphatic heterocycles. The third-order valence-corrected chi connectivity index (χ3v) is 11.6. The van der Waals surface area contributed by atoms with Gasteiger partial charge in [0.05, 0.1) is 76.4 Å². The van der Waals surface area contributed by atoms with Gasteiger partial charge in [-0.2, -0.15) is 10.5 Å². The van der Waals surface area contributed by atoms with Crippen molar-refractivity contribution in [3.8, 4) is 56.9 Å². The van der Waals surface area contributed by atoms with Gasteiger partial charge in [-0.25, -0.2) is 14.5 Å². The SMILES string of the molecule is [C-]#[N+]c1ccc(-c2ccc3c(c2)c2ccccc2n3-c2c(C)cccc2-c2cc([N+]#[C-])ccc2-n2c3ccccc3c3cc(-c4ccc(C#N)cc4C#N)ccc32)c([N+]#[C-])c1. The third kappa shape index (κ3) is 5.69. The standard InChI is InChI=1S/C54H29N7/c1-33-10-9-13-44(54(33)61-50-15-8-6-12-43(50)46-28-36(18-24-53(46)61)41-22-19-39(58-3)30-48(41)59-4)47-29-38(57-2)20-25-52(47)60-49-14-7-5-11-42(49)45-27-35(17-23-51(45)60)40-21-16-34(31-55)26-37(40)32-56/h5-30H,1H3. The molecule has 0 aliphatic carbocycles. The van der Waals surface area contributed by atoms with Gasteiger partial charge in [-0.3, -0.25) is 0 Å². The van der Waals surface area contributed by atoms with Gasteiger partial charge in [0.1, 0.15) is 0 Å². The van der Waals surface area contributed by atoms with Gasteiger partial charge in [0.15, 0.2) is 17.1 Å². The fourth-order valence-electron chi connectivity index (χ4n) is 8.84. The summed E-state index contributed by atoms with van der Waals surface area (Å²) < 4.78 is 4.58. The highest BCUT2D eigenvalue weighted by molar-refractivity contribution is 6.13. The molecule has 2 heterocycles. The van der Waals surface area contributed by atoms with Gasteiger partial charge < -0.3 is 9.13 Å².